The Morgan fingerprint density at radius 2 is 0.537 bits per heavy atom. The maximum atomic E-state index is 12.0. The molecule has 322 valence electrons. The van der Waals surface area contributed by atoms with Crippen molar-refractivity contribution in [1.29, 1.82) is 0 Å². The molecule has 0 heterocycles. The highest BCUT2D eigenvalue weighted by atomic mass is 16.5. The minimum absolute atomic E-state index is 0.0152. The summed E-state index contributed by atoms with van der Waals surface area (Å²) in [5, 5.41) is 0. The molecule has 54 heavy (non-hydrogen) atoms. The zero-order valence-electron chi connectivity index (χ0n) is 37.5. The van der Waals surface area contributed by atoms with Gasteiger partial charge in [0.15, 0.2) is 0 Å². The zero-order valence-corrected chi connectivity index (χ0v) is 37.5. The number of carbonyl (C=O) groups excluding carboxylic acids is 2. The molecule has 0 rings (SSSR count). The molecule has 0 saturated heterocycles. The van der Waals surface area contributed by atoms with E-state index in [4.69, 9.17) is 9.47 Å². The molecule has 4 nitrogen and oxygen atoms in total. The van der Waals surface area contributed by atoms with E-state index in [1.54, 1.807) is 0 Å². The van der Waals surface area contributed by atoms with Crippen LogP contribution in [0.15, 0.2) is 0 Å². The molecule has 0 spiro atoms. The summed E-state index contributed by atoms with van der Waals surface area (Å²) < 4.78 is 11.0. The first-order valence-corrected chi connectivity index (χ1v) is 24.8. The van der Waals surface area contributed by atoms with Gasteiger partial charge in [-0.1, -0.05) is 246 Å². The monoisotopic (exact) mass is 763 g/mol. The van der Waals surface area contributed by atoms with Crippen LogP contribution in [0.3, 0.4) is 0 Å². The summed E-state index contributed by atoms with van der Waals surface area (Å²) in [4.78, 5) is 24.0. The van der Waals surface area contributed by atoms with E-state index in [0.717, 1.165) is 37.5 Å². The minimum atomic E-state index is 0.0152. The average Bonchev–Trinajstić information content (AvgIpc) is 3.16. The molecule has 0 fully saturated rings. The normalized spacial score (nSPS) is 12.6. The van der Waals surface area contributed by atoms with Gasteiger partial charge < -0.3 is 9.47 Å². The van der Waals surface area contributed by atoms with Crippen molar-refractivity contribution in [1.82, 2.24) is 0 Å². The van der Waals surface area contributed by atoms with Crippen LogP contribution < -0.4 is 0 Å². The third-order valence-corrected chi connectivity index (χ3v) is 11.8. The van der Waals surface area contributed by atoms with Gasteiger partial charge in [0.2, 0.25) is 0 Å². The van der Waals surface area contributed by atoms with Crippen LogP contribution in [0, 0.1) is 11.8 Å². The van der Waals surface area contributed by atoms with Gasteiger partial charge in [-0.25, -0.2) is 0 Å². The molecule has 0 radical (unpaired) electrons. The zero-order chi connectivity index (χ0) is 39.4. The second-order valence-electron chi connectivity index (χ2n) is 17.6. The Bertz CT molecular complexity index is 689. The number of unbranched alkanes of at least 4 members (excludes halogenated alkanes) is 29. The Kier molecular flexibility index (Phi) is 43.8. The van der Waals surface area contributed by atoms with E-state index in [-0.39, 0.29) is 11.9 Å². The van der Waals surface area contributed by atoms with Crippen molar-refractivity contribution >= 4 is 11.9 Å². The predicted molar refractivity (Wildman–Crippen MR) is 236 cm³/mol. The van der Waals surface area contributed by atoms with E-state index in [1.165, 1.54) is 218 Å². The fourth-order valence-electron chi connectivity index (χ4n) is 7.91. The summed E-state index contributed by atoms with van der Waals surface area (Å²) in [6.07, 6.45) is 50.6. The lowest BCUT2D eigenvalue weighted by atomic mass is 9.93. The molecule has 0 amide bonds. The standard InChI is InChI=1S/C50H98O4/c1-5-7-9-11-13-15-17-19-21-27-33-43-49(51)53-45-37-29-23-25-31-39-47(3)41-35-36-42-48(4)40-32-26-24-30-38-46-54-50(52)44-34-28-22-20-18-16-14-12-10-8-6-2/h47-48H,5-46H2,1-4H3. The molecule has 0 saturated carbocycles. The molecule has 0 aliphatic carbocycles. The molecule has 0 aromatic carbocycles. The number of ether oxygens (including phenoxy) is 2. The van der Waals surface area contributed by atoms with Crippen molar-refractivity contribution < 1.29 is 19.1 Å². The van der Waals surface area contributed by atoms with Gasteiger partial charge in [-0.15, -0.1) is 0 Å². The van der Waals surface area contributed by atoms with Crippen LogP contribution in [-0.4, -0.2) is 25.2 Å². The van der Waals surface area contributed by atoms with Gasteiger partial charge in [0.1, 0.15) is 0 Å². The van der Waals surface area contributed by atoms with Crippen LogP contribution in [0.25, 0.3) is 0 Å². The van der Waals surface area contributed by atoms with Gasteiger partial charge in [-0.2, -0.15) is 0 Å². The minimum Gasteiger partial charge on any atom is -0.466 e. The largest absolute Gasteiger partial charge is 0.466 e. The van der Waals surface area contributed by atoms with E-state index in [9.17, 15) is 9.59 Å². The summed E-state index contributed by atoms with van der Waals surface area (Å²) in [6.45, 7) is 10.7. The van der Waals surface area contributed by atoms with Crippen LogP contribution in [-0.2, 0) is 19.1 Å². The van der Waals surface area contributed by atoms with Crippen molar-refractivity contribution in [3.8, 4) is 0 Å². The van der Waals surface area contributed by atoms with E-state index in [0.29, 0.717) is 26.1 Å². The molecule has 4 heteroatoms. The lowest BCUT2D eigenvalue weighted by Crippen LogP contribution is -2.05. The maximum Gasteiger partial charge on any atom is 0.305 e. The van der Waals surface area contributed by atoms with E-state index >= 15 is 0 Å². The van der Waals surface area contributed by atoms with Crippen LogP contribution in [0.1, 0.15) is 285 Å². The summed E-state index contributed by atoms with van der Waals surface area (Å²) in [5.74, 6) is 1.73. The summed E-state index contributed by atoms with van der Waals surface area (Å²) >= 11 is 0. The molecule has 0 N–H and O–H groups in total. The highest BCUT2D eigenvalue weighted by Gasteiger charge is 2.07. The molecule has 0 bridgehead atoms. The summed E-state index contributed by atoms with van der Waals surface area (Å²) in [7, 11) is 0. The Labute approximate surface area is 339 Å². The molecule has 2 unspecified atom stereocenters. The average molecular weight is 763 g/mol. The number of esters is 2. The van der Waals surface area contributed by atoms with Crippen molar-refractivity contribution in [2.75, 3.05) is 13.2 Å². The van der Waals surface area contributed by atoms with Crippen molar-refractivity contribution in [2.24, 2.45) is 11.8 Å². The van der Waals surface area contributed by atoms with Gasteiger partial charge in [0, 0.05) is 12.8 Å². The number of hydrogen-bond acceptors (Lipinski definition) is 4. The van der Waals surface area contributed by atoms with E-state index in [2.05, 4.69) is 27.7 Å². The molecule has 2 atom stereocenters. The Morgan fingerprint density at radius 3 is 0.833 bits per heavy atom. The molecular weight excluding hydrogens is 665 g/mol. The summed E-state index contributed by atoms with van der Waals surface area (Å²) in [5.41, 5.74) is 0. The summed E-state index contributed by atoms with van der Waals surface area (Å²) in [6, 6.07) is 0. The maximum absolute atomic E-state index is 12.0. The van der Waals surface area contributed by atoms with Crippen LogP contribution in [0.4, 0.5) is 0 Å². The molecule has 0 aromatic heterocycles. The highest BCUT2D eigenvalue weighted by molar-refractivity contribution is 5.69. The molecule has 0 aliphatic rings. The topological polar surface area (TPSA) is 52.6 Å². The quantitative estimate of drug-likeness (QED) is 0.0458. The van der Waals surface area contributed by atoms with Crippen LogP contribution in [0.2, 0.25) is 0 Å². The lowest BCUT2D eigenvalue weighted by molar-refractivity contribution is -0.144. The van der Waals surface area contributed by atoms with Gasteiger partial charge in [-0.3, -0.25) is 9.59 Å². The highest BCUT2D eigenvalue weighted by Crippen LogP contribution is 2.21. The molecular formula is C50H98O4. The fraction of sp³-hybridized carbons (Fsp3) is 0.960. The second-order valence-corrected chi connectivity index (χ2v) is 17.6. The van der Waals surface area contributed by atoms with E-state index < -0.39 is 0 Å². The van der Waals surface area contributed by atoms with Gasteiger partial charge in [0.25, 0.3) is 0 Å². The predicted octanol–water partition coefficient (Wildman–Crippen LogP) is 17.0. The fourth-order valence-corrected chi connectivity index (χ4v) is 7.91. The van der Waals surface area contributed by atoms with E-state index in [1.807, 2.05) is 0 Å². The Hall–Kier alpha value is -1.06. The third kappa shape index (κ3) is 43.7. The van der Waals surface area contributed by atoms with Crippen molar-refractivity contribution in [3.63, 3.8) is 0 Å². The third-order valence-electron chi connectivity index (χ3n) is 11.8. The van der Waals surface area contributed by atoms with Crippen LogP contribution >= 0.6 is 0 Å². The smallest absolute Gasteiger partial charge is 0.305 e. The number of hydrogen-bond donors (Lipinski definition) is 0. The molecule has 0 aromatic rings. The first-order valence-electron chi connectivity index (χ1n) is 24.8. The Balaban J connectivity index is 3.37. The Morgan fingerprint density at radius 1 is 0.315 bits per heavy atom. The van der Waals surface area contributed by atoms with Gasteiger partial charge >= 0.3 is 11.9 Å². The molecule has 0 aliphatic heterocycles. The lowest BCUT2D eigenvalue weighted by Gasteiger charge is -2.14. The van der Waals surface area contributed by atoms with Crippen molar-refractivity contribution in [3.05, 3.63) is 0 Å². The second kappa shape index (κ2) is 44.7. The first kappa shape index (κ1) is 52.9. The van der Waals surface area contributed by atoms with Gasteiger partial charge in [-0.05, 0) is 37.5 Å². The van der Waals surface area contributed by atoms with Crippen molar-refractivity contribution in [2.45, 2.75) is 285 Å². The number of carbonyl (C=O) groups is 2. The van der Waals surface area contributed by atoms with Crippen LogP contribution in [0.5, 0.6) is 0 Å². The number of rotatable bonds is 45. The SMILES string of the molecule is CCCCCCCCCCCCCC(=O)OCCCCCCCC(C)CCCCC(C)CCCCCCCOC(=O)CCCCCCCCCCCCC. The van der Waals surface area contributed by atoms with Gasteiger partial charge in [0.05, 0.1) is 13.2 Å². The first-order chi connectivity index (χ1) is 26.5.